The molecule has 30 heavy (non-hydrogen) atoms. The summed E-state index contributed by atoms with van der Waals surface area (Å²) in [4.78, 5) is 14.7. The first-order valence-corrected chi connectivity index (χ1v) is 11.2. The summed E-state index contributed by atoms with van der Waals surface area (Å²) in [5, 5.41) is 8.92. The van der Waals surface area contributed by atoms with Crippen LogP contribution in [-0.4, -0.2) is 51.5 Å². The van der Waals surface area contributed by atoms with Crippen molar-refractivity contribution in [2.45, 2.75) is 24.4 Å². The molecule has 0 spiro atoms. The largest absolute Gasteiger partial charge is 0.497 e. The molecule has 2 aromatic carbocycles. The Morgan fingerprint density at radius 3 is 2.53 bits per heavy atom. The summed E-state index contributed by atoms with van der Waals surface area (Å²) in [6.07, 6.45) is 4.90. The van der Waals surface area contributed by atoms with Gasteiger partial charge in [-0.2, -0.15) is 0 Å². The number of amides is 1. The molecule has 6 nitrogen and oxygen atoms in total. The van der Waals surface area contributed by atoms with E-state index in [0.29, 0.717) is 16.8 Å². The number of carbonyl (C=O) groups excluding carboxylic acids is 1. The van der Waals surface area contributed by atoms with E-state index >= 15 is 0 Å². The van der Waals surface area contributed by atoms with Crippen molar-refractivity contribution in [3.05, 3.63) is 66.5 Å². The van der Waals surface area contributed by atoms with Crippen LogP contribution in [0.3, 0.4) is 0 Å². The number of rotatable bonds is 7. The fourth-order valence-electron chi connectivity index (χ4n) is 3.79. The van der Waals surface area contributed by atoms with Gasteiger partial charge in [0.25, 0.3) is 0 Å². The first kappa shape index (κ1) is 20.5. The molecule has 4 rings (SSSR count). The Bertz CT molecular complexity index is 951. The molecule has 3 aromatic rings. The molecule has 0 atom stereocenters. The summed E-state index contributed by atoms with van der Waals surface area (Å²) < 4.78 is 7.10. The Kier molecular flexibility index (Phi) is 6.69. The third-order valence-electron chi connectivity index (χ3n) is 5.53. The molecule has 0 unspecified atom stereocenters. The van der Waals surface area contributed by atoms with Crippen molar-refractivity contribution < 1.29 is 9.53 Å². The zero-order valence-corrected chi connectivity index (χ0v) is 17.9. The summed E-state index contributed by atoms with van der Waals surface area (Å²) in [6, 6.07) is 18.3. The molecule has 1 fully saturated rings. The number of thioether (sulfide) groups is 1. The third-order valence-corrected chi connectivity index (χ3v) is 6.45. The highest BCUT2D eigenvalue weighted by Gasteiger charge is 2.23. The number of aromatic nitrogens is 3. The lowest BCUT2D eigenvalue weighted by atomic mass is 9.90. The van der Waals surface area contributed by atoms with Crippen LogP contribution in [0.2, 0.25) is 0 Å². The van der Waals surface area contributed by atoms with E-state index in [9.17, 15) is 4.79 Å². The van der Waals surface area contributed by atoms with Crippen LogP contribution in [0.1, 0.15) is 18.4 Å². The van der Waals surface area contributed by atoms with Crippen molar-refractivity contribution in [3.63, 3.8) is 0 Å². The normalized spacial score (nSPS) is 14.6. The summed E-state index contributed by atoms with van der Waals surface area (Å²) in [6.45, 7) is 1.67. The molecule has 1 aromatic heterocycles. The fraction of sp³-hybridized carbons (Fsp3) is 0.348. The second kappa shape index (κ2) is 9.80. The maximum atomic E-state index is 12.7. The van der Waals surface area contributed by atoms with Gasteiger partial charge < -0.3 is 9.64 Å². The Morgan fingerprint density at radius 2 is 1.83 bits per heavy atom. The molecule has 2 heterocycles. The second-order valence-electron chi connectivity index (χ2n) is 7.48. The zero-order chi connectivity index (χ0) is 20.8. The first-order valence-electron chi connectivity index (χ1n) is 10.2. The third kappa shape index (κ3) is 5.02. The van der Waals surface area contributed by atoms with Crippen molar-refractivity contribution >= 4 is 17.7 Å². The highest BCUT2D eigenvalue weighted by atomic mass is 32.2. The smallest absolute Gasteiger partial charge is 0.233 e. The average molecular weight is 423 g/mol. The van der Waals surface area contributed by atoms with Crippen LogP contribution in [0.25, 0.3) is 5.69 Å². The van der Waals surface area contributed by atoms with Crippen molar-refractivity contribution in [1.82, 2.24) is 19.7 Å². The summed E-state index contributed by atoms with van der Waals surface area (Å²) in [7, 11) is 1.64. The van der Waals surface area contributed by atoms with Gasteiger partial charge >= 0.3 is 0 Å². The summed E-state index contributed by atoms with van der Waals surface area (Å²) in [5.41, 5.74) is 2.33. The predicted octanol–water partition coefficient (Wildman–Crippen LogP) is 3.85. The number of hydrogen-bond donors (Lipinski definition) is 0. The summed E-state index contributed by atoms with van der Waals surface area (Å²) >= 11 is 1.43. The van der Waals surface area contributed by atoms with Gasteiger partial charge in [0.05, 0.1) is 12.9 Å². The number of piperidine rings is 1. The maximum Gasteiger partial charge on any atom is 0.233 e. The van der Waals surface area contributed by atoms with Gasteiger partial charge in [0.15, 0.2) is 5.16 Å². The van der Waals surface area contributed by atoms with E-state index in [1.807, 2.05) is 33.7 Å². The van der Waals surface area contributed by atoms with Crippen LogP contribution in [0, 0.1) is 5.92 Å². The Balaban J connectivity index is 1.28. The quantitative estimate of drug-likeness (QED) is 0.541. The standard InChI is InChI=1S/C23H26N4O2S/c1-29-21-9-7-20(8-10-21)27-17-24-25-23(27)30-16-22(28)26-13-11-19(12-14-26)15-18-5-3-2-4-6-18/h2-10,17,19H,11-16H2,1H3. The minimum Gasteiger partial charge on any atom is -0.497 e. The number of benzene rings is 2. The monoisotopic (exact) mass is 422 g/mol. The number of carbonyl (C=O) groups is 1. The van der Waals surface area contributed by atoms with E-state index in [-0.39, 0.29) is 5.91 Å². The second-order valence-corrected chi connectivity index (χ2v) is 8.43. The molecule has 0 radical (unpaired) electrons. The Morgan fingerprint density at radius 1 is 1.10 bits per heavy atom. The van der Waals surface area contributed by atoms with Crippen LogP contribution in [0.15, 0.2) is 66.1 Å². The van der Waals surface area contributed by atoms with Crippen LogP contribution in [0.4, 0.5) is 0 Å². The number of hydrogen-bond acceptors (Lipinski definition) is 5. The van der Waals surface area contributed by atoms with Gasteiger partial charge in [-0.15, -0.1) is 10.2 Å². The molecule has 0 N–H and O–H groups in total. The molecular formula is C23H26N4O2S. The highest BCUT2D eigenvalue weighted by molar-refractivity contribution is 7.99. The number of likely N-dealkylation sites (tertiary alicyclic amines) is 1. The molecular weight excluding hydrogens is 396 g/mol. The minimum absolute atomic E-state index is 0.169. The van der Waals surface area contributed by atoms with Gasteiger partial charge in [0.2, 0.25) is 5.91 Å². The highest BCUT2D eigenvalue weighted by Crippen LogP contribution is 2.24. The van der Waals surface area contributed by atoms with E-state index in [1.54, 1.807) is 13.4 Å². The maximum absolute atomic E-state index is 12.7. The topological polar surface area (TPSA) is 60.2 Å². The first-order chi connectivity index (χ1) is 14.7. The van der Waals surface area contributed by atoms with Crippen LogP contribution in [-0.2, 0) is 11.2 Å². The van der Waals surface area contributed by atoms with E-state index in [4.69, 9.17) is 4.74 Å². The molecule has 156 valence electrons. The van der Waals surface area contributed by atoms with E-state index in [2.05, 4.69) is 40.5 Å². The van der Waals surface area contributed by atoms with Gasteiger partial charge in [-0.3, -0.25) is 9.36 Å². The average Bonchev–Trinajstić information content (AvgIpc) is 3.27. The van der Waals surface area contributed by atoms with Gasteiger partial charge in [0, 0.05) is 18.8 Å². The lowest BCUT2D eigenvalue weighted by Gasteiger charge is -2.32. The van der Waals surface area contributed by atoms with Gasteiger partial charge in [0.1, 0.15) is 12.1 Å². The van der Waals surface area contributed by atoms with E-state index in [0.717, 1.165) is 43.8 Å². The number of ether oxygens (including phenoxy) is 1. The van der Waals surface area contributed by atoms with Gasteiger partial charge in [-0.1, -0.05) is 42.1 Å². The van der Waals surface area contributed by atoms with Crippen molar-refractivity contribution in [2.24, 2.45) is 5.92 Å². The SMILES string of the molecule is COc1ccc(-n2cnnc2SCC(=O)N2CCC(Cc3ccccc3)CC2)cc1. The predicted molar refractivity (Wildman–Crippen MR) is 118 cm³/mol. The molecule has 1 aliphatic heterocycles. The lowest BCUT2D eigenvalue weighted by Crippen LogP contribution is -2.39. The molecule has 0 saturated carbocycles. The fourth-order valence-corrected chi connectivity index (χ4v) is 4.63. The van der Waals surface area contributed by atoms with Crippen molar-refractivity contribution in [3.8, 4) is 11.4 Å². The minimum atomic E-state index is 0.169. The molecule has 1 saturated heterocycles. The van der Waals surface area contributed by atoms with E-state index in [1.165, 1.54) is 17.3 Å². The number of methoxy groups -OCH3 is 1. The zero-order valence-electron chi connectivity index (χ0n) is 17.1. The molecule has 1 aliphatic rings. The Labute approximate surface area is 181 Å². The van der Waals surface area contributed by atoms with Crippen molar-refractivity contribution in [2.75, 3.05) is 26.0 Å². The van der Waals surface area contributed by atoms with Crippen LogP contribution < -0.4 is 4.74 Å². The number of nitrogens with zero attached hydrogens (tertiary/aromatic N) is 4. The van der Waals surface area contributed by atoms with Crippen LogP contribution >= 0.6 is 11.8 Å². The van der Waals surface area contributed by atoms with Crippen LogP contribution in [0.5, 0.6) is 5.75 Å². The van der Waals surface area contributed by atoms with Gasteiger partial charge in [-0.25, -0.2) is 0 Å². The molecule has 7 heteroatoms. The molecule has 0 aliphatic carbocycles. The lowest BCUT2D eigenvalue weighted by molar-refractivity contribution is -0.129. The van der Waals surface area contributed by atoms with Gasteiger partial charge in [-0.05, 0) is 55.0 Å². The molecule has 0 bridgehead atoms. The van der Waals surface area contributed by atoms with E-state index < -0.39 is 0 Å². The summed E-state index contributed by atoms with van der Waals surface area (Å²) in [5.74, 6) is 2.00. The Hall–Kier alpha value is -2.80. The molecule has 1 amide bonds. The van der Waals surface area contributed by atoms with Crippen molar-refractivity contribution in [1.29, 1.82) is 0 Å².